The van der Waals surface area contributed by atoms with E-state index >= 15 is 0 Å². The molecule has 3 heterocycles. The Hall–Kier alpha value is -1.87. The second-order valence-electron chi connectivity index (χ2n) is 11.4. The lowest BCUT2D eigenvalue weighted by Crippen LogP contribution is -2.41. The van der Waals surface area contributed by atoms with Crippen LogP contribution in [0, 0.1) is 5.92 Å². The molecule has 1 aromatic heterocycles. The van der Waals surface area contributed by atoms with Crippen molar-refractivity contribution in [2.45, 2.75) is 90.6 Å². The molecule has 1 unspecified atom stereocenters. The average molecular weight is 444 g/mol. The molecule has 0 radical (unpaired) electrons. The summed E-state index contributed by atoms with van der Waals surface area (Å²) in [6, 6.07) is 0.480. The van der Waals surface area contributed by atoms with Crippen molar-refractivity contribution in [2.75, 3.05) is 24.5 Å². The first-order valence-corrected chi connectivity index (χ1v) is 11.8. The van der Waals surface area contributed by atoms with E-state index in [4.69, 9.17) is 14.0 Å². The van der Waals surface area contributed by atoms with Gasteiger partial charge in [-0.15, -0.1) is 0 Å². The molecule has 4 rings (SSSR count). The van der Waals surface area contributed by atoms with Gasteiger partial charge in [-0.25, -0.2) is 14.8 Å². The maximum atomic E-state index is 12.4. The molecule has 2 saturated heterocycles. The third-order valence-corrected chi connectivity index (χ3v) is 6.82. The summed E-state index contributed by atoms with van der Waals surface area (Å²) in [6.45, 7) is 16.2. The average Bonchev–Trinajstić information content (AvgIpc) is 3.35. The molecule has 3 fully saturated rings. The molecule has 1 aliphatic carbocycles. The van der Waals surface area contributed by atoms with Crippen LogP contribution in [0.1, 0.15) is 67.7 Å². The number of aromatic nitrogens is 2. The first kappa shape index (κ1) is 23.3. The highest BCUT2D eigenvalue weighted by molar-refractivity contribution is 6.61. The van der Waals surface area contributed by atoms with Crippen molar-refractivity contribution >= 4 is 24.6 Å². The summed E-state index contributed by atoms with van der Waals surface area (Å²) in [7, 11) is -0.458. The van der Waals surface area contributed by atoms with Crippen LogP contribution in [0.5, 0.6) is 0 Å². The smallest absolute Gasteiger partial charge is 0.444 e. The van der Waals surface area contributed by atoms with Gasteiger partial charge in [0.15, 0.2) is 0 Å². The Morgan fingerprint density at radius 1 is 1.16 bits per heavy atom. The van der Waals surface area contributed by atoms with Crippen LogP contribution in [0.4, 0.5) is 10.7 Å². The quantitative estimate of drug-likeness (QED) is 0.647. The largest absolute Gasteiger partial charge is 0.498 e. The molecule has 0 spiro atoms. The van der Waals surface area contributed by atoms with E-state index in [1.165, 1.54) is 0 Å². The number of hydrogen-bond donors (Lipinski definition) is 0. The zero-order valence-corrected chi connectivity index (χ0v) is 20.6. The lowest BCUT2D eigenvalue weighted by Gasteiger charge is -2.32. The summed E-state index contributed by atoms with van der Waals surface area (Å²) < 4.78 is 17.8. The maximum Gasteiger partial charge on any atom is 0.498 e. The Morgan fingerprint density at radius 3 is 2.28 bits per heavy atom. The monoisotopic (exact) mass is 444 g/mol. The van der Waals surface area contributed by atoms with Crippen molar-refractivity contribution in [3.63, 3.8) is 0 Å². The van der Waals surface area contributed by atoms with Crippen molar-refractivity contribution in [1.29, 1.82) is 0 Å². The summed E-state index contributed by atoms with van der Waals surface area (Å²) in [5, 5.41) is 0. The highest BCUT2D eigenvalue weighted by Crippen LogP contribution is 2.36. The number of carbonyl (C=O) groups excluding carboxylic acids is 1. The van der Waals surface area contributed by atoms with Crippen LogP contribution in [0.15, 0.2) is 12.4 Å². The van der Waals surface area contributed by atoms with Crippen LogP contribution in [0.3, 0.4) is 0 Å². The van der Waals surface area contributed by atoms with E-state index in [2.05, 4.69) is 14.9 Å². The summed E-state index contributed by atoms with van der Waals surface area (Å²) >= 11 is 0. The van der Waals surface area contributed by atoms with Gasteiger partial charge < -0.3 is 23.8 Å². The van der Waals surface area contributed by atoms with Gasteiger partial charge in [0.2, 0.25) is 5.95 Å². The number of ether oxygens (including phenoxy) is 1. The Bertz CT molecular complexity index is 819. The number of carbonyl (C=O) groups is 1. The van der Waals surface area contributed by atoms with Crippen molar-refractivity contribution in [3.8, 4) is 0 Å². The zero-order chi connectivity index (χ0) is 23.3. The number of rotatable bonds is 5. The Morgan fingerprint density at radius 2 is 1.75 bits per heavy atom. The van der Waals surface area contributed by atoms with Gasteiger partial charge in [0, 0.05) is 43.5 Å². The highest BCUT2D eigenvalue weighted by atomic mass is 16.7. The molecule has 2 aliphatic heterocycles. The molecule has 9 heteroatoms. The number of hydrogen-bond acceptors (Lipinski definition) is 7. The van der Waals surface area contributed by atoms with E-state index < -0.39 is 23.9 Å². The molecule has 0 N–H and O–H groups in total. The normalized spacial score (nSPS) is 24.7. The summed E-state index contributed by atoms with van der Waals surface area (Å²) in [6.07, 6.45) is 6.70. The van der Waals surface area contributed by atoms with Crippen LogP contribution in [-0.2, 0) is 14.0 Å². The fourth-order valence-electron chi connectivity index (χ4n) is 4.11. The molecule has 8 nitrogen and oxygen atoms in total. The molecule has 3 aliphatic rings. The molecular weight excluding hydrogens is 407 g/mol. The molecule has 1 saturated carbocycles. The molecule has 1 atom stereocenters. The second-order valence-corrected chi connectivity index (χ2v) is 11.4. The lowest BCUT2D eigenvalue weighted by atomic mass is 9.81. The molecule has 0 aromatic carbocycles. The minimum atomic E-state index is -0.470. The molecule has 1 aromatic rings. The van der Waals surface area contributed by atoms with Gasteiger partial charge in [-0.1, -0.05) is 0 Å². The minimum absolute atomic E-state index is 0.221. The van der Waals surface area contributed by atoms with Gasteiger partial charge in [0.25, 0.3) is 0 Å². The van der Waals surface area contributed by atoms with Gasteiger partial charge >= 0.3 is 13.2 Å². The number of likely N-dealkylation sites (tertiary alicyclic amines) is 1. The van der Waals surface area contributed by atoms with Crippen LogP contribution < -0.4 is 10.4 Å². The van der Waals surface area contributed by atoms with E-state index in [1.54, 1.807) is 0 Å². The van der Waals surface area contributed by atoms with Crippen molar-refractivity contribution < 1.29 is 18.8 Å². The standard InChI is InChI=1S/C23H37BN4O4/c1-21(2,3)30-20(29)27-11-10-16(14-27)15-28(18-8-9-18)19-25-12-17(13-26-19)24-31-22(4,5)23(6,7)32-24/h12-13,16,18H,8-11,14-15H2,1-7H3. The third kappa shape index (κ3) is 5.04. The Balaban J connectivity index is 1.39. The van der Waals surface area contributed by atoms with Crippen molar-refractivity contribution in [1.82, 2.24) is 14.9 Å². The summed E-state index contributed by atoms with van der Waals surface area (Å²) in [4.78, 5) is 25.9. The zero-order valence-electron chi connectivity index (χ0n) is 20.6. The van der Waals surface area contributed by atoms with Gasteiger partial charge in [0.05, 0.1) is 11.2 Å². The SMILES string of the molecule is CC(C)(C)OC(=O)N1CCC(CN(c2ncc(B3OC(C)(C)C(C)(C)O3)cn2)C2CC2)C1. The summed E-state index contributed by atoms with van der Waals surface area (Å²) in [5.41, 5.74) is -0.417. The predicted octanol–water partition coefficient (Wildman–Crippen LogP) is 3.00. The first-order chi connectivity index (χ1) is 14.8. The van der Waals surface area contributed by atoms with Crippen LogP contribution in [0.25, 0.3) is 0 Å². The molecular formula is C23H37BN4O4. The van der Waals surface area contributed by atoms with Crippen LogP contribution in [-0.4, -0.2) is 70.6 Å². The minimum Gasteiger partial charge on any atom is -0.444 e. The highest BCUT2D eigenvalue weighted by Gasteiger charge is 2.52. The fourth-order valence-corrected chi connectivity index (χ4v) is 4.11. The van der Waals surface area contributed by atoms with E-state index in [0.29, 0.717) is 18.5 Å². The lowest BCUT2D eigenvalue weighted by molar-refractivity contribution is 0.00578. The van der Waals surface area contributed by atoms with Crippen molar-refractivity contribution in [3.05, 3.63) is 12.4 Å². The van der Waals surface area contributed by atoms with E-state index in [9.17, 15) is 4.79 Å². The molecule has 176 valence electrons. The topological polar surface area (TPSA) is 77.0 Å². The molecule has 32 heavy (non-hydrogen) atoms. The van der Waals surface area contributed by atoms with Gasteiger partial charge in [-0.3, -0.25) is 0 Å². The van der Waals surface area contributed by atoms with E-state index in [0.717, 1.165) is 43.8 Å². The van der Waals surface area contributed by atoms with Crippen LogP contribution in [0.2, 0.25) is 0 Å². The maximum absolute atomic E-state index is 12.4. The molecule has 0 bridgehead atoms. The summed E-state index contributed by atoms with van der Waals surface area (Å²) in [5.74, 6) is 1.12. The van der Waals surface area contributed by atoms with E-state index in [1.807, 2.05) is 65.8 Å². The number of nitrogens with zero attached hydrogens (tertiary/aromatic N) is 4. The fraction of sp³-hybridized carbons (Fsp3) is 0.783. The number of amides is 1. The predicted molar refractivity (Wildman–Crippen MR) is 124 cm³/mol. The van der Waals surface area contributed by atoms with Gasteiger partial charge in [-0.05, 0) is 73.6 Å². The Labute approximate surface area is 192 Å². The third-order valence-electron chi connectivity index (χ3n) is 6.82. The second kappa shape index (κ2) is 8.17. The van der Waals surface area contributed by atoms with Crippen molar-refractivity contribution in [2.24, 2.45) is 5.92 Å². The van der Waals surface area contributed by atoms with Gasteiger partial charge in [0.1, 0.15) is 5.60 Å². The molecule has 1 amide bonds. The van der Waals surface area contributed by atoms with Gasteiger partial charge in [-0.2, -0.15) is 0 Å². The number of anilines is 1. The Kier molecular flexibility index (Phi) is 5.95. The van der Waals surface area contributed by atoms with Crippen LogP contribution >= 0.6 is 0 Å². The van der Waals surface area contributed by atoms with E-state index in [-0.39, 0.29) is 6.09 Å². The first-order valence-electron chi connectivity index (χ1n) is 11.8.